The minimum absolute atomic E-state index is 0.134. The summed E-state index contributed by atoms with van der Waals surface area (Å²) in [5, 5.41) is 7.88. The summed E-state index contributed by atoms with van der Waals surface area (Å²) in [5.74, 6) is -0.0413. The van der Waals surface area contributed by atoms with Crippen molar-refractivity contribution in [2.24, 2.45) is 0 Å². The molecule has 0 unspecified atom stereocenters. The summed E-state index contributed by atoms with van der Waals surface area (Å²) >= 11 is 1.33. The van der Waals surface area contributed by atoms with E-state index in [1.165, 1.54) is 11.3 Å². The van der Waals surface area contributed by atoms with E-state index >= 15 is 0 Å². The number of nitrogens with zero attached hydrogens (tertiary/aromatic N) is 1. The van der Waals surface area contributed by atoms with Crippen molar-refractivity contribution >= 4 is 34.0 Å². The second-order valence-corrected chi connectivity index (χ2v) is 6.63. The quantitative estimate of drug-likeness (QED) is 0.718. The summed E-state index contributed by atoms with van der Waals surface area (Å²) < 4.78 is 0. The van der Waals surface area contributed by atoms with Gasteiger partial charge < -0.3 is 16.4 Å². The van der Waals surface area contributed by atoms with Gasteiger partial charge in [0.2, 0.25) is 11.8 Å². The van der Waals surface area contributed by atoms with Gasteiger partial charge in [-0.15, -0.1) is 11.3 Å². The first-order valence-electron chi connectivity index (χ1n) is 7.81. The molecule has 0 aliphatic rings. The van der Waals surface area contributed by atoms with Crippen molar-refractivity contribution in [3.63, 3.8) is 0 Å². The maximum atomic E-state index is 12.1. The molecule has 4 N–H and O–H groups in total. The first-order valence-corrected chi connectivity index (χ1v) is 8.69. The van der Waals surface area contributed by atoms with Crippen LogP contribution in [0.3, 0.4) is 0 Å². The Morgan fingerprint density at radius 1 is 1.21 bits per heavy atom. The van der Waals surface area contributed by atoms with Gasteiger partial charge in [0, 0.05) is 23.9 Å². The zero-order valence-electron chi connectivity index (χ0n) is 13.8. The van der Waals surface area contributed by atoms with E-state index < -0.39 is 0 Å². The number of carbonyl (C=O) groups is 2. The first kappa shape index (κ1) is 17.9. The molecule has 2 amide bonds. The number of nitrogens with two attached hydrogens (primary N) is 1. The van der Waals surface area contributed by atoms with Crippen LogP contribution >= 0.6 is 11.3 Å². The maximum absolute atomic E-state index is 12.1. The zero-order chi connectivity index (χ0) is 17.5. The van der Waals surface area contributed by atoms with Crippen LogP contribution in [0.2, 0.25) is 0 Å². The summed E-state index contributed by atoms with van der Waals surface area (Å²) in [6.07, 6.45) is 0.271. The van der Waals surface area contributed by atoms with Crippen LogP contribution in [0.5, 0.6) is 0 Å². The number of para-hydroxylation sites is 1. The van der Waals surface area contributed by atoms with E-state index in [0.29, 0.717) is 17.6 Å². The number of nitrogen functional groups attached to an aromatic ring is 1. The molecule has 0 spiro atoms. The monoisotopic (exact) mass is 346 g/mol. The number of benzene rings is 1. The van der Waals surface area contributed by atoms with Gasteiger partial charge in [0.15, 0.2) is 5.13 Å². The van der Waals surface area contributed by atoms with E-state index in [1.54, 1.807) is 5.38 Å². The van der Waals surface area contributed by atoms with Crippen LogP contribution in [0.1, 0.15) is 43.9 Å². The number of anilines is 2. The van der Waals surface area contributed by atoms with Gasteiger partial charge in [0.25, 0.3) is 0 Å². The second kappa shape index (κ2) is 8.44. The van der Waals surface area contributed by atoms with Crippen LogP contribution in [0, 0.1) is 0 Å². The summed E-state index contributed by atoms with van der Waals surface area (Å²) in [5.41, 5.74) is 8.14. The number of rotatable bonds is 7. The van der Waals surface area contributed by atoms with Crippen molar-refractivity contribution in [1.82, 2.24) is 10.3 Å². The Morgan fingerprint density at radius 2 is 1.92 bits per heavy atom. The Bertz CT molecular complexity index is 712. The molecule has 1 aromatic carbocycles. The summed E-state index contributed by atoms with van der Waals surface area (Å²) in [6, 6.07) is 7.70. The molecule has 24 heavy (non-hydrogen) atoms. The molecule has 0 radical (unpaired) electrons. The highest BCUT2D eigenvalue weighted by Crippen LogP contribution is 2.23. The largest absolute Gasteiger partial charge is 0.375 e. The molecule has 0 fully saturated rings. The van der Waals surface area contributed by atoms with E-state index in [9.17, 15) is 9.59 Å². The molecule has 128 valence electrons. The van der Waals surface area contributed by atoms with E-state index in [-0.39, 0.29) is 24.7 Å². The Labute approximate surface area is 145 Å². The molecular weight excluding hydrogens is 324 g/mol. The van der Waals surface area contributed by atoms with E-state index in [4.69, 9.17) is 5.73 Å². The van der Waals surface area contributed by atoms with Crippen LogP contribution < -0.4 is 16.4 Å². The van der Waals surface area contributed by atoms with Crippen LogP contribution in [0.15, 0.2) is 29.6 Å². The van der Waals surface area contributed by atoms with Gasteiger partial charge in [0.05, 0.1) is 12.2 Å². The maximum Gasteiger partial charge on any atom is 0.224 e. The lowest BCUT2D eigenvalue weighted by Crippen LogP contribution is -2.24. The third kappa shape index (κ3) is 5.34. The molecule has 6 nitrogen and oxygen atoms in total. The number of thiazole rings is 1. The van der Waals surface area contributed by atoms with Crippen LogP contribution in [0.25, 0.3) is 0 Å². The smallest absolute Gasteiger partial charge is 0.224 e. The lowest BCUT2D eigenvalue weighted by Gasteiger charge is -2.13. The molecule has 0 atom stereocenters. The van der Waals surface area contributed by atoms with Gasteiger partial charge in [-0.3, -0.25) is 9.59 Å². The van der Waals surface area contributed by atoms with Crippen molar-refractivity contribution in [3.05, 3.63) is 40.9 Å². The topological polar surface area (TPSA) is 97.1 Å². The average molecular weight is 346 g/mol. The Morgan fingerprint density at radius 3 is 2.58 bits per heavy atom. The predicted molar refractivity (Wildman–Crippen MR) is 96.8 cm³/mol. The first-order chi connectivity index (χ1) is 11.5. The molecule has 7 heteroatoms. The van der Waals surface area contributed by atoms with Crippen molar-refractivity contribution in [3.8, 4) is 0 Å². The number of nitrogens with one attached hydrogen (secondary N) is 2. The van der Waals surface area contributed by atoms with E-state index in [1.807, 2.05) is 24.3 Å². The third-order valence-electron chi connectivity index (χ3n) is 3.47. The molecule has 0 saturated carbocycles. The fourth-order valence-electron chi connectivity index (χ4n) is 2.24. The van der Waals surface area contributed by atoms with Crippen molar-refractivity contribution in [2.75, 3.05) is 11.1 Å². The van der Waals surface area contributed by atoms with Crippen molar-refractivity contribution < 1.29 is 9.59 Å². The van der Waals surface area contributed by atoms with Crippen LogP contribution in [-0.2, 0) is 16.1 Å². The molecular formula is C17H22N4O2S. The second-order valence-electron chi connectivity index (χ2n) is 5.74. The summed E-state index contributed by atoms with van der Waals surface area (Å²) in [7, 11) is 0. The molecule has 0 bridgehead atoms. The third-order valence-corrected chi connectivity index (χ3v) is 4.19. The van der Waals surface area contributed by atoms with Gasteiger partial charge in [-0.1, -0.05) is 32.0 Å². The Hall–Kier alpha value is -2.41. The molecule has 0 aliphatic carbocycles. The Kier molecular flexibility index (Phi) is 6.31. The molecule has 0 aliphatic heterocycles. The lowest BCUT2D eigenvalue weighted by atomic mass is 10.0. The average Bonchev–Trinajstić information content (AvgIpc) is 2.97. The van der Waals surface area contributed by atoms with Crippen molar-refractivity contribution in [1.29, 1.82) is 0 Å². The van der Waals surface area contributed by atoms with Gasteiger partial charge in [-0.25, -0.2) is 4.98 Å². The minimum atomic E-state index is -0.186. The molecule has 1 heterocycles. The SMILES string of the molecule is CC(C)c1ccccc1NC(=O)CCC(=O)NCc1csc(N)n1. The number of aromatic nitrogens is 1. The van der Waals surface area contributed by atoms with E-state index in [0.717, 1.165) is 16.9 Å². The van der Waals surface area contributed by atoms with Gasteiger partial charge in [-0.05, 0) is 17.5 Å². The fourth-order valence-corrected chi connectivity index (χ4v) is 2.80. The normalized spacial score (nSPS) is 10.6. The zero-order valence-corrected chi connectivity index (χ0v) is 14.7. The Balaban J connectivity index is 1.77. The van der Waals surface area contributed by atoms with Gasteiger partial charge in [0.1, 0.15) is 0 Å². The summed E-state index contributed by atoms with van der Waals surface area (Å²) in [6.45, 7) is 4.47. The predicted octanol–water partition coefficient (Wildman–Crippen LogP) is 2.88. The number of carbonyl (C=O) groups excluding carboxylic acids is 2. The standard InChI is InChI=1S/C17H22N4O2S/c1-11(2)13-5-3-4-6-14(13)21-16(23)8-7-15(22)19-9-12-10-24-17(18)20-12/h3-6,10-11H,7-9H2,1-2H3,(H2,18,20)(H,19,22)(H,21,23). The lowest BCUT2D eigenvalue weighted by molar-refractivity contribution is -0.124. The fraction of sp³-hybridized carbons (Fsp3) is 0.353. The number of amides is 2. The van der Waals surface area contributed by atoms with Crippen molar-refractivity contribution in [2.45, 2.75) is 39.2 Å². The van der Waals surface area contributed by atoms with Crippen LogP contribution in [-0.4, -0.2) is 16.8 Å². The highest BCUT2D eigenvalue weighted by atomic mass is 32.1. The minimum Gasteiger partial charge on any atom is -0.375 e. The molecule has 0 saturated heterocycles. The summed E-state index contributed by atoms with van der Waals surface area (Å²) in [4.78, 5) is 27.9. The van der Waals surface area contributed by atoms with E-state index in [2.05, 4.69) is 29.5 Å². The molecule has 2 rings (SSSR count). The number of hydrogen-bond donors (Lipinski definition) is 3. The number of hydrogen-bond acceptors (Lipinski definition) is 5. The van der Waals surface area contributed by atoms with Gasteiger partial charge >= 0.3 is 0 Å². The van der Waals surface area contributed by atoms with Crippen LogP contribution in [0.4, 0.5) is 10.8 Å². The van der Waals surface area contributed by atoms with Gasteiger partial charge in [-0.2, -0.15) is 0 Å². The molecule has 2 aromatic rings. The highest BCUT2D eigenvalue weighted by molar-refractivity contribution is 7.13. The molecule has 1 aromatic heterocycles. The highest BCUT2D eigenvalue weighted by Gasteiger charge is 2.11.